The fourth-order valence-electron chi connectivity index (χ4n) is 1.63. The highest BCUT2D eigenvalue weighted by molar-refractivity contribution is 7.91. The molecule has 0 aliphatic heterocycles. The minimum absolute atomic E-state index is 0.146. The Kier molecular flexibility index (Phi) is 3.80. The summed E-state index contributed by atoms with van der Waals surface area (Å²) < 4.78 is 50.7. The van der Waals surface area contributed by atoms with Crippen molar-refractivity contribution in [2.45, 2.75) is 24.3 Å². The Labute approximate surface area is 115 Å². The second kappa shape index (κ2) is 5.24. The number of hydrogen-bond donors (Lipinski definition) is 0. The normalized spacial score (nSPS) is 13.2. The summed E-state index contributed by atoms with van der Waals surface area (Å²) in [7, 11) is -3.85. The molecular weight excluding hydrogens is 286 g/mol. The minimum atomic E-state index is -3.85. The lowest BCUT2D eigenvalue weighted by atomic mass is 10.1. The van der Waals surface area contributed by atoms with Crippen LogP contribution in [0.25, 0.3) is 0 Å². The molecule has 0 N–H and O–H groups in total. The van der Waals surface area contributed by atoms with E-state index in [9.17, 15) is 17.2 Å². The van der Waals surface area contributed by atoms with E-state index in [1.54, 1.807) is 6.92 Å². The van der Waals surface area contributed by atoms with E-state index in [1.807, 2.05) is 0 Å². The largest absolute Gasteiger partial charge is 0.247 e. The molecule has 20 heavy (non-hydrogen) atoms. The maximum atomic E-state index is 13.2. The van der Waals surface area contributed by atoms with Crippen LogP contribution in [0.2, 0.25) is 0 Å². The van der Waals surface area contributed by atoms with Crippen molar-refractivity contribution >= 4 is 9.84 Å². The molecule has 1 heterocycles. The molecule has 0 aliphatic carbocycles. The Bertz CT molecular complexity index is 731. The van der Waals surface area contributed by atoms with E-state index >= 15 is 0 Å². The van der Waals surface area contributed by atoms with Gasteiger partial charge in [0.25, 0.3) is 0 Å². The number of benzene rings is 1. The predicted octanol–water partition coefficient (Wildman–Crippen LogP) is 2.60. The van der Waals surface area contributed by atoms with Gasteiger partial charge in [0.1, 0.15) is 0 Å². The van der Waals surface area contributed by atoms with Crippen molar-refractivity contribution in [3.63, 3.8) is 0 Å². The van der Waals surface area contributed by atoms with Gasteiger partial charge >= 0.3 is 0 Å². The number of halogens is 2. The van der Waals surface area contributed by atoms with Crippen molar-refractivity contribution in [3.8, 4) is 0 Å². The first kappa shape index (κ1) is 14.5. The molecule has 0 fully saturated rings. The van der Waals surface area contributed by atoms with Crippen molar-refractivity contribution in [3.05, 3.63) is 53.4 Å². The first-order valence-electron chi connectivity index (χ1n) is 5.80. The Morgan fingerprint density at radius 3 is 2.25 bits per heavy atom. The lowest BCUT2D eigenvalue weighted by Crippen LogP contribution is -2.14. The van der Waals surface area contributed by atoms with Crippen LogP contribution >= 0.6 is 0 Å². The van der Waals surface area contributed by atoms with E-state index < -0.39 is 26.7 Å². The molecule has 0 radical (unpaired) electrons. The zero-order valence-corrected chi connectivity index (χ0v) is 11.7. The lowest BCUT2D eigenvalue weighted by Gasteiger charge is -2.12. The third-order valence-corrected chi connectivity index (χ3v) is 4.81. The molecular formula is C13H12F2N2O2S. The predicted molar refractivity (Wildman–Crippen MR) is 68.7 cm³/mol. The van der Waals surface area contributed by atoms with Crippen LogP contribution in [0.5, 0.6) is 0 Å². The van der Waals surface area contributed by atoms with Crippen molar-refractivity contribution < 1.29 is 17.2 Å². The molecule has 2 rings (SSSR count). The summed E-state index contributed by atoms with van der Waals surface area (Å²) in [5.74, 6) is -2.11. The maximum Gasteiger partial charge on any atom is 0.247 e. The molecule has 1 atom stereocenters. The molecule has 106 valence electrons. The summed E-state index contributed by atoms with van der Waals surface area (Å²) in [4.78, 5) is 7.54. The maximum absolute atomic E-state index is 13.2. The molecule has 4 nitrogen and oxygen atoms in total. The average molecular weight is 298 g/mol. The van der Waals surface area contributed by atoms with E-state index in [0.717, 1.165) is 17.7 Å². The highest BCUT2D eigenvalue weighted by Crippen LogP contribution is 2.27. The van der Waals surface area contributed by atoms with Crippen LogP contribution in [-0.4, -0.2) is 18.4 Å². The summed E-state index contributed by atoms with van der Waals surface area (Å²) in [6.45, 7) is 3.11. The van der Waals surface area contributed by atoms with Gasteiger partial charge in [-0.1, -0.05) is 6.07 Å². The van der Waals surface area contributed by atoms with Gasteiger partial charge < -0.3 is 0 Å². The number of rotatable bonds is 3. The van der Waals surface area contributed by atoms with Gasteiger partial charge in [0.05, 0.1) is 5.25 Å². The molecule has 0 saturated carbocycles. The molecule has 1 aromatic heterocycles. The first-order valence-corrected chi connectivity index (χ1v) is 7.34. The SMILES string of the molecule is Cc1cnc(S(=O)(=O)[C@H](C)c2ccc(F)c(F)c2)nc1. The van der Waals surface area contributed by atoms with Gasteiger partial charge in [0, 0.05) is 12.4 Å². The second-order valence-corrected chi connectivity index (χ2v) is 6.57. The number of aryl methyl sites for hydroxylation is 1. The van der Waals surface area contributed by atoms with Gasteiger partial charge in [0.2, 0.25) is 15.0 Å². The third-order valence-electron chi connectivity index (χ3n) is 2.89. The number of hydrogen-bond acceptors (Lipinski definition) is 4. The standard InChI is InChI=1S/C13H12F2N2O2S/c1-8-6-16-13(17-7-8)20(18,19)9(2)10-3-4-11(14)12(15)5-10/h3-7,9H,1-2H3/t9-/m1/s1. The number of aromatic nitrogens is 2. The van der Waals surface area contributed by atoms with Crippen LogP contribution in [0.4, 0.5) is 8.78 Å². The highest BCUT2D eigenvalue weighted by atomic mass is 32.2. The Morgan fingerprint density at radius 2 is 1.70 bits per heavy atom. The van der Waals surface area contributed by atoms with Gasteiger partial charge in [-0.05, 0) is 37.1 Å². The van der Waals surface area contributed by atoms with E-state index in [-0.39, 0.29) is 10.7 Å². The van der Waals surface area contributed by atoms with Gasteiger partial charge in [0.15, 0.2) is 11.6 Å². The summed E-state index contributed by atoms with van der Waals surface area (Å²) in [6.07, 6.45) is 2.77. The van der Waals surface area contributed by atoms with Crippen LogP contribution in [0.1, 0.15) is 23.3 Å². The Morgan fingerprint density at radius 1 is 1.10 bits per heavy atom. The van der Waals surface area contributed by atoms with E-state index in [1.165, 1.54) is 25.4 Å². The van der Waals surface area contributed by atoms with Crippen LogP contribution in [-0.2, 0) is 9.84 Å². The van der Waals surface area contributed by atoms with Crippen molar-refractivity contribution in [2.24, 2.45) is 0 Å². The van der Waals surface area contributed by atoms with Gasteiger partial charge in [-0.15, -0.1) is 0 Å². The minimum Gasteiger partial charge on any atom is -0.227 e. The molecule has 1 aromatic carbocycles. The van der Waals surface area contributed by atoms with Gasteiger partial charge in [-0.25, -0.2) is 27.2 Å². The highest BCUT2D eigenvalue weighted by Gasteiger charge is 2.28. The van der Waals surface area contributed by atoms with Crippen molar-refractivity contribution in [2.75, 3.05) is 0 Å². The van der Waals surface area contributed by atoms with Crippen LogP contribution < -0.4 is 0 Å². The molecule has 0 aliphatic rings. The average Bonchev–Trinajstić information content (AvgIpc) is 2.41. The van der Waals surface area contributed by atoms with E-state index in [2.05, 4.69) is 9.97 Å². The fourth-order valence-corrected chi connectivity index (χ4v) is 2.85. The Hall–Kier alpha value is -1.89. The molecule has 0 bridgehead atoms. The van der Waals surface area contributed by atoms with Gasteiger partial charge in [-0.2, -0.15) is 0 Å². The van der Waals surface area contributed by atoms with Crippen LogP contribution in [0.15, 0.2) is 35.7 Å². The molecule has 0 unspecified atom stereocenters. The van der Waals surface area contributed by atoms with Crippen LogP contribution in [0, 0.1) is 18.6 Å². The quantitative estimate of drug-likeness (QED) is 0.817. The first-order chi connectivity index (χ1) is 9.32. The van der Waals surface area contributed by atoms with Crippen molar-refractivity contribution in [1.29, 1.82) is 0 Å². The monoisotopic (exact) mass is 298 g/mol. The van der Waals surface area contributed by atoms with E-state index in [0.29, 0.717) is 0 Å². The molecule has 7 heteroatoms. The summed E-state index contributed by atoms with van der Waals surface area (Å²) in [5.41, 5.74) is 0.873. The molecule has 0 amide bonds. The fraction of sp³-hybridized carbons (Fsp3) is 0.231. The Balaban J connectivity index is 2.42. The zero-order chi connectivity index (χ0) is 14.9. The number of sulfone groups is 1. The zero-order valence-electron chi connectivity index (χ0n) is 10.8. The smallest absolute Gasteiger partial charge is 0.227 e. The summed E-state index contributed by atoms with van der Waals surface area (Å²) >= 11 is 0. The third kappa shape index (κ3) is 2.67. The molecule has 0 spiro atoms. The second-order valence-electron chi connectivity index (χ2n) is 4.40. The number of nitrogens with zero attached hydrogens (tertiary/aromatic N) is 2. The topological polar surface area (TPSA) is 59.9 Å². The lowest BCUT2D eigenvalue weighted by molar-refractivity contribution is 0.506. The van der Waals surface area contributed by atoms with Gasteiger partial charge in [-0.3, -0.25) is 0 Å². The molecule has 2 aromatic rings. The molecule has 0 saturated heterocycles. The summed E-state index contributed by atoms with van der Waals surface area (Å²) in [5, 5.41) is -1.40. The summed E-state index contributed by atoms with van der Waals surface area (Å²) in [6, 6.07) is 2.99. The van der Waals surface area contributed by atoms with E-state index in [4.69, 9.17) is 0 Å². The van der Waals surface area contributed by atoms with Crippen molar-refractivity contribution in [1.82, 2.24) is 9.97 Å². The van der Waals surface area contributed by atoms with Crippen LogP contribution in [0.3, 0.4) is 0 Å².